The Bertz CT molecular complexity index is 540. The molecule has 0 bridgehead atoms. The minimum absolute atomic E-state index is 0.164. The molecule has 1 aromatic carbocycles. The first-order valence-electron chi connectivity index (χ1n) is 7.88. The second-order valence-corrected chi connectivity index (χ2v) is 7.64. The summed E-state index contributed by atoms with van der Waals surface area (Å²) in [5.41, 5.74) is 0.973. The van der Waals surface area contributed by atoms with Crippen LogP contribution in [-0.4, -0.2) is 14.5 Å². The quantitative estimate of drug-likeness (QED) is 0.818. The van der Waals surface area contributed by atoms with Crippen molar-refractivity contribution in [1.82, 2.24) is 0 Å². The number of hydrogen-bond donors (Lipinski definition) is 2. The molecule has 2 atom stereocenters. The summed E-state index contributed by atoms with van der Waals surface area (Å²) >= 11 is 0. The van der Waals surface area contributed by atoms with Crippen LogP contribution >= 0.6 is 0 Å². The number of anilines is 1. The van der Waals surface area contributed by atoms with Crippen LogP contribution in [0, 0.1) is 5.92 Å². The number of benzene rings is 1. The highest BCUT2D eigenvalue weighted by atomic mass is 32.2. The Morgan fingerprint density at radius 3 is 2.48 bits per heavy atom. The number of rotatable bonds is 5. The summed E-state index contributed by atoms with van der Waals surface area (Å²) in [6.07, 6.45) is 8.92. The molecule has 0 aromatic heterocycles. The summed E-state index contributed by atoms with van der Waals surface area (Å²) in [4.78, 5) is 0.164. The van der Waals surface area contributed by atoms with Gasteiger partial charge < -0.3 is 5.32 Å². The Balaban J connectivity index is 1.92. The normalized spacial score (nSPS) is 23.5. The monoisotopic (exact) mass is 310 g/mol. The zero-order chi connectivity index (χ0) is 15.3. The van der Waals surface area contributed by atoms with Gasteiger partial charge in [0.05, 0.1) is 4.90 Å². The predicted molar refractivity (Wildman–Crippen MR) is 86.7 cm³/mol. The largest absolute Gasteiger partial charge is 0.382 e. The number of hydrogen-bond acceptors (Lipinski definition) is 3. The van der Waals surface area contributed by atoms with Crippen molar-refractivity contribution in [2.24, 2.45) is 11.1 Å². The smallest absolute Gasteiger partial charge is 0.238 e. The molecule has 5 heteroatoms. The number of nitrogens with two attached hydrogens (primary N) is 1. The lowest BCUT2D eigenvalue weighted by Crippen LogP contribution is -2.18. The molecule has 3 N–H and O–H groups in total. The molecule has 1 saturated carbocycles. The third kappa shape index (κ3) is 5.00. The van der Waals surface area contributed by atoms with Crippen molar-refractivity contribution >= 4 is 15.7 Å². The van der Waals surface area contributed by atoms with Gasteiger partial charge in [-0.3, -0.25) is 0 Å². The first kappa shape index (κ1) is 16.3. The van der Waals surface area contributed by atoms with E-state index in [4.69, 9.17) is 5.14 Å². The van der Waals surface area contributed by atoms with Crippen LogP contribution in [0.25, 0.3) is 0 Å². The van der Waals surface area contributed by atoms with Crippen molar-refractivity contribution in [3.63, 3.8) is 0 Å². The van der Waals surface area contributed by atoms with Gasteiger partial charge >= 0.3 is 0 Å². The number of primary sulfonamides is 1. The van der Waals surface area contributed by atoms with Crippen LogP contribution in [0.2, 0.25) is 0 Å². The van der Waals surface area contributed by atoms with Crippen LogP contribution < -0.4 is 10.5 Å². The summed E-state index contributed by atoms with van der Waals surface area (Å²) in [6.45, 7) is 2.26. The van der Waals surface area contributed by atoms with Crippen LogP contribution in [0.15, 0.2) is 29.2 Å². The van der Waals surface area contributed by atoms with Gasteiger partial charge in [-0.2, -0.15) is 0 Å². The van der Waals surface area contributed by atoms with Crippen molar-refractivity contribution < 1.29 is 8.42 Å². The summed E-state index contributed by atoms with van der Waals surface area (Å²) in [7, 11) is -3.60. The molecule has 1 aromatic rings. The van der Waals surface area contributed by atoms with Gasteiger partial charge in [0.2, 0.25) is 10.0 Å². The molecule has 4 nitrogen and oxygen atoms in total. The van der Waals surface area contributed by atoms with Crippen LogP contribution in [0.5, 0.6) is 0 Å². The lowest BCUT2D eigenvalue weighted by molar-refractivity contribution is 0.422. The van der Waals surface area contributed by atoms with Gasteiger partial charge in [-0.1, -0.05) is 32.6 Å². The van der Waals surface area contributed by atoms with E-state index in [2.05, 4.69) is 12.2 Å². The fourth-order valence-corrected chi connectivity index (χ4v) is 3.71. The van der Waals surface area contributed by atoms with Crippen LogP contribution in [0.1, 0.15) is 51.9 Å². The SMILES string of the molecule is CCCC1CCCC(Nc2ccc(S(N)(=O)=O)cc2)CC1. The molecule has 118 valence electrons. The van der Waals surface area contributed by atoms with Gasteiger partial charge in [0.1, 0.15) is 0 Å². The average Bonchev–Trinajstić information content (AvgIpc) is 2.65. The molecule has 21 heavy (non-hydrogen) atoms. The average molecular weight is 310 g/mol. The van der Waals surface area contributed by atoms with E-state index in [9.17, 15) is 8.42 Å². The molecule has 1 aliphatic rings. The second kappa shape index (κ2) is 7.27. The van der Waals surface area contributed by atoms with Crippen molar-refractivity contribution in [1.29, 1.82) is 0 Å². The molecule has 0 aliphatic heterocycles. The Morgan fingerprint density at radius 2 is 1.86 bits per heavy atom. The van der Waals surface area contributed by atoms with Crippen molar-refractivity contribution in [2.45, 2.75) is 62.8 Å². The molecule has 0 saturated heterocycles. The second-order valence-electron chi connectivity index (χ2n) is 6.07. The third-order valence-corrected chi connectivity index (χ3v) is 5.27. The van der Waals surface area contributed by atoms with Crippen molar-refractivity contribution in [2.75, 3.05) is 5.32 Å². The van der Waals surface area contributed by atoms with Crippen LogP contribution in [0.3, 0.4) is 0 Å². The summed E-state index contributed by atoms with van der Waals surface area (Å²) in [6, 6.07) is 7.22. The highest BCUT2D eigenvalue weighted by molar-refractivity contribution is 7.89. The van der Waals surface area contributed by atoms with E-state index in [-0.39, 0.29) is 4.90 Å². The molecule has 0 heterocycles. The van der Waals surface area contributed by atoms with Gasteiger partial charge in [-0.25, -0.2) is 13.6 Å². The molecule has 2 rings (SSSR count). The predicted octanol–water partition coefficient (Wildman–Crippen LogP) is 3.49. The van der Waals surface area contributed by atoms with Crippen LogP contribution in [0.4, 0.5) is 5.69 Å². The van der Waals surface area contributed by atoms with Gasteiger partial charge in [0, 0.05) is 11.7 Å². The lowest BCUT2D eigenvalue weighted by atomic mass is 9.95. The van der Waals surface area contributed by atoms with Gasteiger partial charge in [0.15, 0.2) is 0 Å². The van der Waals surface area contributed by atoms with E-state index in [1.165, 1.54) is 44.9 Å². The zero-order valence-electron chi connectivity index (χ0n) is 12.7. The van der Waals surface area contributed by atoms with Gasteiger partial charge in [0.25, 0.3) is 0 Å². The van der Waals surface area contributed by atoms with Crippen molar-refractivity contribution in [3.05, 3.63) is 24.3 Å². The molecule has 2 unspecified atom stereocenters. The Labute approximate surface area is 128 Å². The lowest BCUT2D eigenvalue weighted by Gasteiger charge is -2.18. The summed E-state index contributed by atoms with van der Waals surface area (Å²) < 4.78 is 22.5. The molecule has 0 amide bonds. The van der Waals surface area contributed by atoms with E-state index in [1.54, 1.807) is 24.3 Å². The molecule has 1 fully saturated rings. The van der Waals surface area contributed by atoms with E-state index in [1.807, 2.05) is 0 Å². The molecule has 0 radical (unpaired) electrons. The minimum atomic E-state index is -3.60. The van der Waals surface area contributed by atoms with E-state index in [0.717, 1.165) is 11.6 Å². The Hall–Kier alpha value is -1.07. The zero-order valence-corrected chi connectivity index (χ0v) is 13.5. The molecule has 1 aliphatic carbocycles. The third-order valence-electron chi connectivity index (χ3n) is 4.34. The summed E-state index contributed by atoms with van der Waals surface area (Å²) in [5.74, 6) is 0.881. The topological polar surface area (TPSA) is 72.2 Å². The van der Waals surface area contributed by atoms with Crippen LogP contribution in [-0.2, 0) is 10.0 Å². The first-order valence-corrected chi connectivity index (χ1v) is 9.43. The van der Waals surface area contributed by atoms with E-state index >= 15 is 0 Å². The first-order chi connectivity index (χ1) is 9.99. The summed E-state index contributed by atoms with van der Waals surface area (Å²) in [5, 5.41) is 8.63. The Kier molecular flexibility index (Phi) is 5.65. The van der Waals surface area contributed by atoms with E-state index < -0.39 is 10.0 Å². The molecular weight excluding hydrogens is 284 g/mol. The maximum Gasteiger partial charge on any atom is 0.238 e. The van der Waals surface area contributed by atoms with Gasteiger partial charge in [-0.05, 0) is 49.4 Å². The van der Waals surface area contributed by atoms with Crippen molar-refractivity contribution in [3.8, 4) is 0 Å². The highest BCUT2D eigenvalue weighted by Gasteiger charge is 2.18. The number of nitrogens with one attached hydrogen (secondary N) is 1. The molecular formula is C16H26N2O2S. The number of sulfonamides is 1. The van der Waals surface area contributed by atoms with Gasteiger partial charge in [-0.15, -0.1) is 0 Å². The minimum Gasteiger partial charge on any atom is -0.382 e. The maximum absolute atomic E-state index is 11.2. The Morgan fingerprint density at radius 1 is 1.14 bits per heavy atom. The fraction of sp³-hybridized carbons (Fsp3) is 0.625. The fourth-order valence-electron chi connectivity index (χ4n) is 3.20. The standard InChI is InChI=1S/C16H26N2O2S/c1-2-4-13-5-3-6-14(8-7-13)18-15-9-11-16(12-10-15)21(17,19)20/h9-14,18H,2-8H2,1H3,(H2,17,19,20). The van der Waals surface area contributed by atoms with E-state index in [0.29, 0.717) is 6.04 Å². The maximum atomic E-state index is 11.2. The molecule has 0 spiro atoms. The highest BCUT2D eigenvalue weighted by Crippen LogP contribution is 2.28.